The second-order valence-electron chi connectivity index (χ2n) is 27.6. The molecule has 460 valence electrons. The fraction of sp³-hybridized carbons (Fsp3) is 0.0526. The van der Waals surface area contributed by atoms with Crippen LogP contribution in [0.5, 0.6) is 0 Å². The predicted octanol–water partition coefficient (Wildman–Crippen LogP) is 23.4. The van der Waals surface area contributed by atoms with Crippen molar-refractivity contribution in [3.63, 3.8) is 0 Å². The lowest BCUT2D eigenvalue weighted by atomic mass is 9.70. The summed E-state index contributed by atoms with van der Waals surface area (Å²) in [5.41, 5.74) is 32.5. The third-order valence-electron chi connectivity index (χ3n) is 23.0. The molecule has 0 saturated heterocycles. The molecular weight excluding hydrogens is 1200 g/mol. The smallest absolute Gasteiger partial charge is 0.141 e. The summed E-state index contributed by atoms with van der Waals surface area (Å²) in [6.45, 7) is 3.67. The Kier molecular flexibility index (Phi) is 11.2. The van der Waals surface area contributed by atoms with Gasteiger partial charge in [0, 0.05) is 24.2 Å². The summed E-state index contributed by atoms with van der Waals surface area (Å²) in [6, 6.07) is 122. The Labute approximate surface area is 572 Å². The molecule has 2 heterocycles. The normalized spacial score (nSPS) is 13.7. The van der Waals surface area contributed by atoms with Crippen LogP contribution in [0.4, 0.5) is 0 Å². The Bertz CT molecular complexity index is 6500. The first-order chi connectivity index (χ1) is 49.1. The van der Waals surface area contributed by atoms with E-state index < -0.39 is 10.8 Å². The van der Waals surface area contributed by atoms with Gasteiger partial charge in [0.2, 0.25) is 0 Å². The van der Waals surface area contributed by atoms with Crippen LogP contribution in [0, 0.1) is 0 Å². The van der Waals surface area contributed by atoms with Crippen molar-refractivity contribution < 1.29 is 0 Å². The summed E-state index contributed by atoms with van der Waals surface area (Å²) in [6.07, 6.45) is 0. The molecule has 4 aliphatic carbocycles. The molecule has 2 spiro atoms. The van der Waals surface area contributed by atoms with Gasteiger partial charge in [0.05, 0.1) is 32.9 Å². The zero-order valence-electron chi connectivity index (χ0n) is 54.3. The van der Waals surface area contributed by atoms with Gasteiger partial charge in [0.1, 0.15) is 11.6 Å². The Morgan fingerprint density at radius 2 is 0.657 bits per heavy atom. The van der Waals surface area contributed by atoms with E-state index in [1.807, 2.05) is 0 Å². The summed E-state index contributed by atoms with van der Waals surface area (Å²) in [5.74, 6) is 1.93. The van der Waals surface area contributed by atoms with Crippen molar-refractivity contribution >= 4 is 65.2 Å². The first-order valence-electron chi connectivity index (χ1n) is 34.8. The minimum absolute atomic E-state index is 0.521. The lowest BCUT2D eigenvalue weighted by Crippen LogP contribution is -2.26. The Balaban J connectivity index is 0.706. The maximum Gasteiger partial charge on any atom is 0.141 e. The van der Waals surface area contributed by atoms with E-state index in [0.717, 1.165) is 57.0 Å². The number of aromatic nitrogens is 4. The minimum atomic E-state index is -0.572. The number of para-hydroxylation sites is 4. The highest BCUT2D eigenvalue weighted by atomic mass is 15.1. The molecule has 0 N–H and O–H groups in total. The topological polar surface area (TPSA) is 35.6 Å². The molecule has 4 nitrogen and oxygen atoms in total. The summed E-state index contributed by atoms with van der Waals surface area (Å²) in [5, 5.41) is 9.99. The van der Waals surface area contributed by atoms with E-state index in [-0.39, 0.29) is 0 Å². The van der Waals surface area contributed by atoms with Gasteiger partial charge < -0.3 is 9.13 Å². The fourth-order valence-electron chi connectivity index (χ4n) is 19.1. The van der Waals surface area contributed by atoms with Crippen LogP contribution < -0.4 is 0 Å². The highest BCUT2D eigenvalue weighted by Crippen LogP contribution is 2.68. The van der Waals surface area contributed by atoms with Gasteiger partial charge in [0.25, 0.3) is 0 Å². The molecule has 0 amide bonds. The first-order valence-corrected chi connectivity index (χ1v) is 34.8. The summed E-state index contributed by atoms with van der Waals surface area (Å²) < 4.78 is 4.80. The van der Waals surface area contributed by atoms with Crippen molar-refractivity contribution in [1.82, 2.24) is 19.1 Å². The standard InChI is InChI=1S/C95H60N4/c1-2-98-86-43-19-17-41-84(86)96-92(98)62-26-21-24-59(52-62)74-55-83-91(73-36-8-6-30-67(73)74)89-65-48-45-57(51-61(65)47-50-81(89)95(83)78-39-15-11-33-70(78)71-34-12-16-40-79(71)95)56-99-87-44-20-18-42-85(87)97-93(99)63-27-22-25-60(53-63)75-54-82-90(72-35-7-5-29-66(72)75)88-64-28-4-3-23-58(64)46-49-80(88)94(82)76-37-13-9-31-68(76)69-32-10-14-38-77(69)94/h3-55H,2,56H2,1H3. The van der Waals surface area contributed by atoms with Gasteiger partial charge in [-0.15, -0.1) is 0 Å². The first kappa shape index (κ1) is 54.7. The Hall–Kier alpha value is -12.5. The highest BCUT2D eigenvalue weighted by molar-refractivity contribution is 6.19. The van der Waals surface area contributed by atoms with Crippen molar-refractivity contribution in [2.45, 2.75) is 30.8 Å². The zero-order chi connectivity index (χ0) is 64.8. The minimum Gasteiger partial charge on any atom is -0.324 e. The van der Waals surface area contributed by atoms with E-state index in [1.165, 1.54) is 154 Å². The Morgan fingerprint density at radius 3 is 1.17 bits per heavy atom. The summed E-state index contributed by atoms with van der Waals surface area (Å²) >= 11 is 0. The maximum absolute atomic E-state index is 5.56. The van der Waals surface area contributed by atoms with Crippen molar-refractivity contribution in [1.29, 1.82) is 0 Å². The van der Waals surface area contributed by atoms with Gasteiger partial charge in [-0.2, -0.15) is 0 Å². The number of benzene rings is 16. The molecule has 0 saturated carbocycles. The molecule has 0 aliphatic heterocycles. The van der Waals surface area contributed by atoms with Crippen molar-refractivity contribution in [2.24, 2.45) is 0 Å². The van der Waals surface area contributed by atoms with Crippen LogP contribution in [0.3, 0.4) is 0 Å². The Morgan fingerprint density at radius 1 is 0.263 bits per heavy atom. The number of hydrogen-bond acceptors (Lipinski definition) is 2. The molecule has 2 aromatic heterocycles. The van der Waals surface area contributed by atoms with E-state index in [9.17, 15) is 0 Å². The van der Waals surface area contributed by atoms with Crippen molar-refractivity contribution in [3.8, 4) is 89.5 Å². The number of hydrogen-bond donors (Lipinski definition) is 0. The van der Waals surface area contributed by atoms with Gasteiger partial charge in [-0.05, 0) is 221 Å². The third-order valence-corrected chi connectivity index (χ3v) is 23.0. The highest BCUT2D eigenvalue weighted by Gasteiger charge is 2.54. The average molecular weight is 1260 g/mol. The molecule has 4 heteroatoms. The lowest BCUT2D eigenvalue weighted by Gasteiger charge is -2.31. The predicted molar refractivity (Wildman–Crippen MR) is 409 cm³/mol. The number of fused-ring (bicyclic) bond motifs is 30. The summed E-state index contributed by atoms with van der Waals surface area (Å²) in [7, 11) is 0. The van der Waals surface area contributed by atoms with Crippen molar-refractivity contribution in [3.05, 3.63) is 372 Å². The fourth-order valence-corrected chi connectivity index (χ4v) is 19.1. The molecule has 16 aromatic carbocycles. The van der Waals surface area contributed by atoms with Gasteiger partial charge in [-0.25, -0.2) is 9.97 Å². The molecule has 4 aliphatic rings. The molecule has 0 radical (unpaired) electrons. The summed E-state index contributed by atoms with van der Waals surface area (Å²) in [4.78, 5) is 10.8. The number of imidazole rings is 2. The van der Waals surface area contributed by atoms with Crippen LogP contribution in [0.15, 0.2) is 322 Å². The number of nitrogens with zero attached hydrogens (tertiary/aromatic N) is 4. The van der Waals surface area contributed by atoms with Crippen LogP contribution in [0.1, 0.15) is 57.0 Å². The van der Waals surface area contributed by atoms with Crippen LogP contribution in [0.25, 0.3) is 155 Å². The second kappa shape index (κ2) is 20.3. The molecule has 0 atom stereocenters. The van der Waals surface area contributed by atoms with Gasteiger partial charge in [-0.3, -0.25) is 0 Å². The van der Waals surface area contributed by atoms with Gasteiger partial charge in [-0.1, -0.05) is 267 Å². The van der Waals surface area contributed by atoms with Crippen LogP contribution in [-0.4, -0.2) is 19.1 Å². The van der Waals surface area contributed by atoms with E-state index in [2.05, 4.69) is 338 Å². The molecule has 0 fully saturated rings. The largest absolute Gasteiger partial charge is 0.324 e. The van der Waals surface area contributed by atoms with E-state index in [0.29, 0.717) is 6.54 Å². The van der Waals surface area contributed by atoms with E-state index in [4.69, 9.17) is 9.97 Å². The molecule has 99 heavy (non-hydrogen) atoms. The molecule has 22 rings (SSSR count). The molecule has 18 aromatic rings. The SMILES string of the molecule is CCn1c(-c2cccc(-c3cc4c(c5ccccc35)-c3c(ccc5cc(Cn6c(-c7cccc(-c8cc9c(c%10ccccc8%10)-c8c(ccc%10ccccc8%10)C98c9ccccc9-c9ccccc98)c7)nc7ccccc76)ccc35)C43c4ccccc4-c4ccccc43)c2)nc2ccccc21. The molecule has 0 unspecified atom stereocenters. The quantitative estimate of drug-likeness (QED) is 0.159. The van der Waals surface area contributed by atoms with Gasteiger partial charge >= 0.3 is 0 Å². The average Bonchev–Trinajstić information content (AvgIpc) is 1.50. The number of rotatable bonds is 7. The van der Waals surface area contributed by atoms with E-state index in [1.54, 1.807) is 0 Å². The van der Waals surface area contributed by atoms with Crippen molar-refractivity contribution in [2.75, 3.05) is 0 Å². The van der Waals surface area contributed by atoms with E-state index >= 15 is 0 Å². The maximum atomic E-state index is 5.56. The third kappa shape index (κ3) is 7.21. The lowest BCUT2D eigenvalue weighted by molar-refractivity contribution is 0.795. The van der Waals surface area contributed by atoms with Gasteiger partial charge in [0.15, 0.2) is 0 Å². The molecule has 0 bridgehead atoms. The second-order valence-corrected chi connectivity index (χ2v) is 27.6. The van der Waals surface area contributed by atoms with Crippen LogP contribution in [0.2, 0.25) is 0 Å². The monoisotopic (exact) mass is 1260 g/mol. The molecular formula is C95H60N4. The zero-order valence-corrected chi connectivity index (χ0v) is 54.3. The number of aryl methyl sites for hydroxylation is 1. The van der Waals surface area contributed by atoms with Crippen LogP contribution >= 0.6 is 0 Å². The van der Waals surface area contributed by atoms with Crippen LogP contribution in [-0.2, 0) is 23.9 Å².